The minimum atomic E-state index is 0.184. The topological polar surface area (TPSA) is 9.23 Å². The van der Waals surface area contributed by atoms with Gasteiger partial charge in [-0.3, -0.25) is 0 Å². The SMILES string of the molecule is CC1=CCC2OC3=C(C=CCCC3)B(c3c(C(C)C)cc(C(C)C)cc3C(C)C)C2=C1. The summed E-state index contributed by atoms with van der Waals surface area (Å²) < 4.78 is 6.65. The smallest absolute Gasteiger partial charge is 0.246 e. The molecule has 0 fully saturated rings. The van der Waals surface area contributed by atoms with E-state index in [0.717, 1.165) is 19.3 Å². The average molecular weight is 414 g/mol. The lowest BCUT2D eigenvalue weighted by molar-refractivity contribution is 0.138. The first-order valence-corrected chi connectivity index (χ1v) is 12.4. The summed E-state index contributed by atoms with van der Waals surface area (Å²) in [6.07, 6.45) is 14.1. The summed E-state index contributed by atoms with van der Waals surface area (Å²) in [4.78, 5) is 0. The van der Waals surface area contributed by atoms with E-state index >= 15 is 0 Å². The summed E-state index contributed by atoms with van der Waals surface area (Å²) in [7, 11) is 0. The molecule has 1 aromatic rings. The minimum Gasteiger partial charge on any atom is -0.491 e. The van der Waals surface area contributed by atoms with Crippen LogP contribution in [-0.4, -0.2) is 12.8 Å². The zero-order valence-corrected chi connectivity index (χ0v) is 20.6. The Bertz CT molecular complexity index is 941. The van der Waals surface area contributed by atoms with E-state index in [4.69, 9.17) is 4.74 Å². The van der Waals surface area contributed by atoms with Crippen LogP contribution < -0.4 is 5.46 Å². The molecule has 0 amide bonds. The second-order valence-electron chi connectivity index (χ2n) is 10.6. The third-order valence-electron chi connectivity index (χ3n) is 7.21. The van der Waals surface area contributed by atoms with Gasteiger partial charge in [0.15, 0.2) is 0 Å². The Kier molecular flexibility index (Phi) is 6.38. The fourth-order valence-corrected chi connectivity index (χ4v) is 5.46. The highest BCUT2D eigenvalue weighted by atomic mass is 16.5. The van der Waals surface area contributed by atoms with E-state index in [1.165, 1.54) is 45.4 Å². The fourth-order valence-electron chi connectivity index (χ4n) is 5.46. The molecule has 1 aliphatic heterocycles. The standard InChI is InChI=1S/C29H39BO/c1-18(2)22-16-23(19(3)4)29(24(17-22)20(5)6)30-25-11-9-8-10-12-27(25)31-28-14-13-21(7)15-26(28)30/h9,11,13,15-20,28H,8,10,12,14H2,1-7H3. The van der Waals surface area contributed by atoms with Gasteiger partial charge in [-0.25, -0.2) is 0 Å². The van der Waals surface area contributed by atoms with E-state index in [9.17, 15) is 0 Å². The Morgan fingerprint density at radius 2 is 1.65 bits per heavy atom. The van der Waals surface area contributed by atoms with E-state index in [-0.39, 0.29) is 6.10 Å². The first-order chi connectivity index (χ1) is 14.8. The number of hydrogen-bond acceptors (Lipinski definition) is 1. The largest absolute Gasteiger partial charge is 0.491 e. The Balaban J connectivity index is 2.03. The first kappa shape index (κ1) is 22.2. The molecule has 2 heteroatoms. The summed E-state index contributed by atoms with van der Waals surface area (Å²) in [6, 6.07) is 5.02. The zero-order chi connectivity index (χ0) is 22.3. The van der Waals surface area contributed by atoms with Crippen LogP contribution in [0.25, 0.3) is 0 Å². The van der Waals surface area contributed by atoms with Crippen molar-refractivity contribution in [2.24, 2.45) is 0 Å². The third-order valence-corrected chi connectivity index (χ3v) is 7.21. The fraction of sp³-hybridized carbons (Fsp3) is 0.517. The van der Waals surface area contributed by atoms with Gasteiger partial charge in [0.25, 0.3) is 0 Å². The summed E-state index contributed by atoms with van der Waals surface area (Å²) in [6.45, 7) is 16.6. The summed E-state index contributed by atoms with van der Waals surface area (Å²) in [5.74, 6) is 2.77. The van der Waals surface area contributed by atoms with Crippen molar-refractivity contribution in [3.8, 4) is 0 Å². The second kappa shape index (κ2) is 8.89. The summed E-state index contributed by atoms with van der Waals surface area (Å²) in [5, 5.41) is 0. The number of fused-ring (bicyclic) bond motifs is 1. The number of benzene rings is 1. The Hall–Kier alpha value is -1.96. The molecule has 0 bridgehead atoms. The van der Waals surface area contributed by atoms with Gasteiger partial charge < -0.3 is 4.74 Å². The molecule has 0 aromatic heterocycles. The van der Waals surface area contributed by atoms with Crippen molar-refractivity contribution >= 4 is 12.2 Å². The van der Waals surface area contributed by atoms with Gasteiger partial charge in [0.2, 0.25) is 6.71 Å². The number of allylic oxidation sites excluding steroid dienone is 6. The van der Waals surface area contributed by atoms with Gasteiger partial charge in [-0.1, -0.05) is 94.5 Å². The molecule has 0 radical (unpaired) electrons. The van der Waals surface area contributed by atoms with Crippen molar-refractivity contribution in [2.75, 3.05) is 0 Å². The molecule has 0 saturated carbocycles. The van der Waals surface area contributed by atoms with Crippen molar-refractivity contribution in [1.29, 1.82) is 0 Å². The molecule has 1 aromatic carbocycles. The van der Waals surface area contributed by atoms with Gasteiger partial charge in [0, 0.05) is 12.8 Å². The van der Waals surface area contributed by atoms with Gasteiger partial charge in [-0.15, -0.1) is 0 Å². The van der Waals surface area contributed by atoms with Crippen LogP contribution in [0.3, 0.4) is 0 Å². The normalized spacial score (nSPS) is 21.1. The molecular weight excluding hydrogens is 375 g/mol. The van der Waals surface area contributed by atoms with E-state index in [0.29, 0.717) is 24.5 Å². The minimum absolute atomic E-state index is 0.184. The Labute approximate surface area is 190 Å². The van der Waals surface area contributed by atoms with Crippen molar-refractivity contribution in [3.05, 3.63) is 75.4 Å². The van der Waals surface area contributed by atoms with E-state index in [2.05, 4.69) is 84.9 Å². The van der Waals surface area contributed by atoms with Crippen molar-refractivity contribution < 1.29 is 4.74 Å². The third kappa shape index (κ3) is 4.23. The Morgan fingerprint density at radius 1 is 0.968 bits per heavy atom. The predicted octanol–water partition coefficient (Wildman–Crippen LogP) is 7.51. The van der Waals surface area contributed by atoms with E-state index in [1.54, 1.807) is 5.46 Å². The number of hydrogen-bond donors (Lipinski definition) is 0. The van der Waals surface area contributed by atoms with Crippen LogP contribution in [0.5, 0.6) is 0 Å². The molecule has 0 saturated heterocycles. The summed E-state index contributed by atoms with van der Waals surface area (Å²) in [5.41, 5.74) is 10.3. The highest BCUT2D eigenvalue weighted by Crippen LogP contribution is 2.39. The highest BCUT2D eigenvalue weighted by Gasteiger charge is 2.41. The lowest BCUT2D eigenvalue weighted by Gasteiger charge is -2.38. The quantitative estimate of drug-likeness (QED) is 0.463. The van der Waals surface area contributed by atoms with Crippen molar-refractivity contribution in [2.45, 2.75) is 98.0 Å². The van der Waals surface area contributed by atoms with Crippen LogP contribution >= 0.6 is 0 Å². The van der Waals surface area contributed by atoms with Gasteiger partial charge in [0.1, 0.15) is 6.10 Å². The monoisotopic (exact) mass is 414 g/mol. The van der Waals surface area contributed by atoms with Crippen LogP contribution in [0, 0.1) is 0 Å². The highest BCUT2D eigenvalue weighted by molar-refractivity contribution is 6.87. The average Bonchev–Trinajstić information content (AvgIpc) is 2.96. The lowest BCUT2D eigenvalue weighted by atomic mass is 9.31. The van der Waals surface area contributed by atoms with Gasteiger partial charge >= 0.3 is 0 Å². The molecular formula is C29H39BO. The number of rotatable bonds is 4. The molecule has 0 spiro atoms. The molecule has 4 rings (SSSR count). The molecule has 164 valence electrons. The lowest BCUT2D eigenvalue weighted by Crippen LogP contribution is -2.48. The predicted molar refractivity (Wildman–Crippen MR) is 135 cm³/mol. The van der Waals surface area contributed by atoms with Gasteiger partial charge in [-0.05, 0) is 59.7 Å². The second-order valence-corrected chi connectivity index (χ2v) is 10.6. The summed E-state index contributed by atoms with van der Waals surface area (Å²) >= 11 is 0. The zero-order valence-electron chi connectivity index (χ0n) is 20.6. The molecule has 1 heterocycles. The maximum absolute atomic E-state index is 6.65. The van der Waals surface area contributed by atoms with Crippen LogP contribution in [0.4, 0.5) is 0 Å². The molecule has 3 aliphatic rings. The van der Waals surface area contributed by atoms with Gasteiger partial charge in [0.05, 0.1) is 5.76 Å². The van der Waals surface area contributed by atoms with Crippen LogP contribution in [0.15, 0.2) is 58.7 Å². The molecule has 2 aliphatic carbocycles. The maximum Gasteiger partial charge on any atom is 0.246 e. The van der Waals surface area contributed by atoms with Gasteiger partial charge in [-0.2, -0.15) is 0 Å². The number of ether oxygens (including phenoxy) is 1. The van der Waals surface area contributed by atoms with Crippen LogP contribution in [-0.2, 0) is 4.74 Å². The van der Waals surface area contributed by atoms with Crippen LogP contribution in [0.1, 0.15) is 109 Å². The van der Waals surface area contributed by atoms with Crippen molar-refractivity contribution in [3.63, 3.8) is 0 Å². The maximum atomic E-state index is 6.65. The van der Waals surface area contributed by atoms with Crippen molar-refractivity contribution in [1.82, 2.24) is 0 Å². The molecule has 0 N–H and O–H groups in total. The molecule has 1 unspecified atom stereocenters. The van der Waals surface area contributed by atoms with E-state index in [1.807, 2.05) is 0 Å². The molecule has 1 atom stereocenters. The van der Waals surface area contributed by atoms with Crippen LogP contribution in [0.2, 0.25) is 0 Å². The molecule has 1 nitrogen and oxygen atoms in total. The molecule has 31 heavy (non-hydrogen) atoms. The first-order valence-electron chi connectivity index (χ1n) is 12.4. The Morgan fingerprint density at radius 3 is 2.26 bits per heavy atom. The van der Waals surface area contributed by atoms with E-state index < -0.39 is 0 Å².